The molecule has 2 fully saturated rings. The summed E-state index contributed by atoms with van der Waals surface area (Å²) < 4.78 is 29.6. The predicted molar refractivity (Wildman–Crippen MR) is 119 cm³/mol. The molecule has 1 amide bonds. The van der Waals surface area contributed by atoms with Gasteiger partial charge in [-0.2, -0.15) is 13.7 Å². The first-order valence-electron chi connectivity index (χ1n) is 10.5. The van der Waals surface area contributed by atoms with Crippen LogP contribution in [-0.2, 0) is 14.9 Å². The highest BCUT2D eigenvalue weighted by molar-refractivity contribution is 7.85. The van der Waals surface area contributed by atoms with Gasteiger partial charge in [0, 0.05) is 13.1 Å². The maximum atomic E-state index is 12.5. The van der Waals surface area contributed by atoms with E-state index in [4.69, 9.17) is 9.81 Å². The van der Waals surface area contributed by atoms with Crippen LogP contribution in [0.4, 0.5) is 0 Å². The van der Waals surface area contributed by atoms with Crippen LogP contribution in [0.3, 0.4) is 0 Å². The average molecular weight is 458 g/mol. The van der Waals surface area contributed by atoms with Gasteiger partial charge >= 0.3 is 0 Å². The molecular formula is C23H27N3O5S. The van der Waals surface area contributed by atoms with Crippen LogP contribution in [0, 0.1) is 18.3 Å². The molecule has 3 N–H and O–H groups in total. The van der Waals surface area contributed by atoms with Gasteiger partial charge < -0.3 is 15.3 Å². The number of carbonyl (C=O) groups excluding carboxylic acids is 1. The number of aromatic hydroxyl groups is 1. The first-order valence-corrected chi connectivity index (χ1v) is 11.9. The lowest BCUT2D eigenvalue weighted by molar-refractivity contribution is -0.133. The van der Waals surface area contributed by atoms with E-state index in [2.05, 4.69) is 11.4 Å². The molecular weight excluding hydrogens is 430 g/mol. The van der Waals surface area contributed by atoms with Crippen LogP contribution in [0.25, 0.3) is 0 Å². The van der Waals surface area contributed by atoms with Gasteiger partial charge in [-0.3, -0.25) is 9.35 Å². The normalized spacial score (nSPS) is 22.7. The monoisotopic (exact) mass is 457 g/mol. The van der Waals surface area contributed by atoms with Crippen LogP contribution in [0.5, 0.6) is 5.75 Å². The standard InChI is InChI=1S/C16H19N3O2.C7H8O3S/c17-9-13-4-2-6-19(13)16(21)15-8-12(10-18-15)11-3-1-5-14(20)7-11;1-6-2-4-7(5-3-6)11(8,9)10/h1,3,5,7,12-13,15,18,20H,2,4,6,8,10H2;2-5H,1H3,(H,8,9,10)/t12-,13-,15-;/m0./s1. The molecule has 2 aromatic rings. The molecule has 2 aromatic carbocycles. The van der Waals surface area contributed by atoms with E-state index in [0.29, 0.717) is 6.54 Å². The first-order chi connectivity index (χ1) is 15.2. The Balaban J connectivity index is 0.000000222. The number of phenols is 1. The van der Waals surface area contributed by atoms with Gasteiger partial charge in [0.25, 0.3) is 10.1 Å². The molecule has 2 saturated heterocycles. The Morgan fingerprint density at radius 2 is 1.94 bits per heavy atom. The number of phenolic OH excluding ortho intramolecular Hbond substituents is 1. The SMILES string of the molecule is Cc1ccc(S(=O)(=O)O)cc1.N#C[C@@H]1CCCN1C(=O)[C@@H]1C[C@H](c2cccc(O)c2)CN1. The van der Waals surface area contributed by atoms with Crippen LogP contribution >= 0.6 is 0 Å². The summed E-state index contributed by atoms with van der Waals surface area (Å²) in [6.07, 6.45) is 2.41. The van der Waals surface area contributed by atoms with Crippen molar-refractivity contribution in [3.8, 4) is 11.8 Å². The average Bonchev–Trinajstić information content (AvgIpc) is 3.43. The quantitative estimate of drug-likeness (QED) is 0.604. The van der Waals surface area contributed by atoms with Crippen molar-refractivity contribution in [2.24, 2.45) is 0 Å². The summed E-state index contributed by atoms with van der Waals surface area (Å²) in [5.74, 6) is 0.530. The summed E-state index contributed by atoms with van der Waals surface area (Å²) in [5, 5.41) is 21.9. The van der Waals surface area contributed by atoms with E-state index in [1.807, 2.05) is 19.1 Å². The minimum atomic E-state index is -4.02. The summed E-state index contributed by atoms with van der Waals surface area (Å²) in [4.78, 5) is 14.2. The van der Waals surface area contributed by atoms with Gasteiger partial charge in [0.1, 0.15) is 11.8 Å². The third-order valence-electron chi connectivity index (χ3n) is 5.77. The molecule has 170 valence electrons. The molecule has 2 aliphatic heterocycles. The molecule has 32 heavy (non-hydrogen) atoms. The largest absolute Gasteiger partial charge is 0.508 e. The minimum absolute atomic E-state index is 0.0432. The fraction of sp³-hybridized carbons (Fsp3) is 0.391. The first kappa shape index (κ1) is 23.7. The summed E-state index contributed by atoms with van der Waals surface area (Å²) in [6, 6.07) is 14.9. The number of benzene rings is 2. The number of rotatable bonds is 3. The molecule has 0 unspecified atom stereocenters. The van der Waals surface area contributed by atoms with Gasteiger partial charge in [-0.15, -0.1) is 0 Å². The van der Waals surface area contributed by atoms with E-state index in [1.165, 1.54) is 12.1 Å². The molecule has 4 rings (SSSR count). The second-order valence-corrected chi connectivity index (χ2v) is 9.52. The molecule has 0 aromatic heterocycles. The second-order valence-electron chi connectivity index (χ2n) is 8.10. The van der Waals surface area contributed by atoms with Crippen molar-refractivity contribution in [1.82, 2.24) is 10.2 Å². The van der Waals surface area contributed by atoms with Gasteiger partial charge in [0.15, 0.2) is 0 Å². The van der Waals surface area contributed by atoms with Crippen LogP contribution in [-0.4, -0.2) is 54.1 Å². The van der Waals surface area contributed by atoms with E-state index < -0.39 is 10.1 Å². The zero-order valence-electron chi connectivity index (χ0n) is 17.8. The Kier molecular flexibility index (Phi) is 7.51. The number of hydrogen-bond donors (Lipinski definition) is 3. The number of nitrogens with one attached hydrogen (secondary N) is 1. The lowest BCUT2D eigenvalue weighted by atomic mass is 9.95. The summed E-state index contributed by atoms with van der Waals surface area (Å²) in [7, 11) is -4.02. The molecule has 2 heterocycles. The number of likely N-dealkylation sites (tertiary alicyclic amines) is 1. The second kappa shape index (κ2) is 10.1. The van der Waals surface area contributed by atoms with Gasteiger partial charge in [0.05, 0.1) is 17.0 Å². The highest BCUT2D eigenvalue weighted by Crippen LogP contribution is 2.29. The highest BCUT2D eigenvalue weighted by Gasteiger charge is 2.37. The minimum Gasteiger partial charge on any atom is -0.508 e. The molecule has 0 aliphatic carbocycles. The van der Waals surface area contributed by atoms with E-state index in [1.54, 1.807) is 29.2 Å². The predicted octanol–water partition coefficient (Wildman–Crippen LogP) is 2.59. The van der Waals surface area contributed by atoms with Crippen LogP contribution < -0.4 is 5.32 Å². The molecule has 0 spiro atoms. The smallest absolute Gasteiger partial charge is 0.294 e. The Morgan fingerprint density at radius 1 is 1.22 bits per heavy atom. The van der Waals surface area contributed by atoms with Crippen molar-refractivity contribution in [1.29, 1.82) is 5.26 Å². The fourth-order valence-corrected chi connectivity index (χ4v) is 4.51. The Bertz CT molecular complexity index is 1100. The molecule has 0 saturated carbocycles. The maximum Gasteiger partial charge on any atom is 0.294 e. The number of carbonyl (C=O) groups is 1. The van der Waals surface area contributed by atoms with E-state index in [0.717, 1.165) is 36.9 Å². The number of nitrogens with zero attached hydrogens (tertiary/aromatic N) is 2. The van der Waals surface area contributed by atoms with Gasteiger partial charge in [-0.25, -0.2) is 0 Å². The highest BCUT2D eigenvalue weighted by atomic mass is 32.2. The Hall–Kier alpha value is -2.93. The number of hydrogen-bond acceptors (Lipinski definition) is 6. The maximum absolute atomic E-state index is 12.5. The van der Waals surface area contributed by atoms with Gasteiger partial charge in [-0.1, -0.05) is 29.8 Å². The lowest BCUT2D eigenvalue weighted by Crippen LogP contribution is -2.45. The van der Waals surface area contributed by atoms with Crippen LogP contribution in [0.15, 0.2) is 53.4 Å². The van der Waals surface area contributed by atoms with Crippen molar-refractivity contribution >= 4 is 16.0 Å². The van der Waals surface area contributed by atoms with Crippen LogP contribution in [0.1, 0.15) is 36.3 Å². The molecule has 2 aliphatic rings. The van der Waals surface area contributed by atoms with Crippen LogP contribution in [0.2, 0.25) is 0 Å². The summed E-state index contributed by atoms with van der Waals surface area (Å²) in [6.45, 7) is 3.25. The zero-order chi connectivity index (χ0) is 23.3. The van der Waals surface area contributed by atoms with E-state index in [-0.39, 0.29) is 34.6 Å². The van der Waals surface area contributed by atoms with E-state index >= 15 is 0 Å². The van der Waals surface area contributed by atoms with Crippen molar-refractivity contribution in [3.05, 3.63) is 59.7 Å². The third kappa shape index (κ3) is 5.85. The molecule has 3 atom stereocenters. The summed E-state index contributed by atoms with van der Waals surface area (Å²) >= 11 is 0. The molecule has 8 nitrogen and oxygen atoms in total. The topological polar surface area (TPSA) is 131 Å². The Morgan fingerprint density at radius 3 is 2.56 bits per heavy atom. The number of aryl methyl sites for hydroxylation is 1. The Labute approximate surface area is 188 Å². The lowest BCUT2D eigenvalue weighted by Gasteiger charge is -2.23. The van der Waals surface area contributed by atoms with Gasteiger partial charge in [-0.05, 0) is 61.9 Å². The molecule has 0 bridgehead atoms. The van der Waals surface area contributed by atoms with Gasteiger partial charge in [0.2, 0.25) is 5.91 Å². The number of amides is 1. The van der Waals surface area contributed by atoms with E-state index in [9.17, 15) is 18.3 Å². The van der Waals surface area contributed by atoms with Crippen molar-refractivity contribution in [3.63, 3.8) is 0 Å². The fourth-order valence-electron chi connectivity index (χ4n) is 4.03. The van der Waals surface area contributed by atoms with Crippen molar-refractivity contribution in [2.45, 2.75) is 49.1 Å². The van der Waals surface area contributed by atoms with Crippen molar-refractivity contribution in [2.75, 3.05) is 13.1 Å². The van der Waals surface area contributed by atoms with Crippen molar-refractivity contribution < 1.29 is 22.9 Å². The third-order valence-corrected chi connectivity index (χ3v) is 6.64. The summed E-state index contributed by atoms with van der Waals surface area (Å²) in [5.41, 5.74) is 2.01. The molecule has 0 radical (unpaired) electrons. The zero-order valence-corrected chi connectivity index (χ0v) is 18.6. The number of nitriles is 1. The molecule has 9 heteroatoms.